The molecule has 2 N–H and O–H groups in total. The lowest BCUT2D eigenvalue weighted by molar-refractivity contribution is 0.664. The SMILES string of the molecule is CCC(C)N(C)c1cc(Cl)ccc1N. The summed E-state index contributed by atoms with van der Waals surface area (Å²) < 4.78 is 0. The van der Waals surface area contributed by atoms with Crippen molar-refractivity contribution in [2.24, 2.45) is 0 Å². The maximum absolute atomic E-state index is 5.93. The summed E-state index contributed by atoms with van der Waals surface area (Å²) in [5, 5.41) is 0.726. The van der Waals surface area contributed by atoms with E-state index in [9.17, 15) is 0 Å². The molecule has 1 atom stereocenters. The van der Waals surface area contributed by atoms with Crippen LogP contribution in [0.5, 0.6) is 0 Å². The topological polar surface area (TPSA) is 29.3 Å². The van der Waals surface area contributed by atoms with Crippen molar-refractivity contribution in [3.05, 3.63) is 23.2 Å². The first kappa shape index (κ1) is 11.2. The first-order valence-electron chi connectivity index (χ1n) is 4.84. The van der Waals surface area contributed by atoms with Gasteiger partial charge in [0.2, 0.25) is 0 Å². The summed E-state index contributed by atoms with van der Waals surface area (Å²) in [4.78, 5) is 2.15. The number of hydrogen-bond acceptors (Lipinski definition) is 2. The third-order valence-electron chi connectivity index (χ3n) is 2.62. The van der Waals surface area contributed by atoms with Gasteiger partial charge in [-0.25, -0.2) is 0 Å². The molecular weight excluding hydrogens is 196 g/mol. The molecule has 1 rings (SSSR count). The Morgan fingerprint density at radius 3 is 2.71 bits per heavy atom. The van der Waals surface area contributed by atoms with Crippen LogP contribution in [0.15, 0.2) is 18.2 Å². The lowest BCUT2D eigenvalue weighted by Crippen LogP contribution is -2.28. The summed E-state index contributed by atoms with van der Waals surface area (Å²) in [5.41, 5.74) is 7.66. The van der Waals surface area contributed by atoms with E-state index in [4.69, 9.17) is 17.3 Å². The van der Waals surface area contributed by atoms with Crippen molar-refractivity contribution in [2.45, 2.75) is 26.3 Å². The summed E-state index contributed by atoms with van der Waals surface area (Å²) in [7, 11) is 2.04. The fourth-order valence-corrected chi connectivity index (χ4v) is 1.50. The van der Waals surface area contributed by atoms with Crippen LogP contribution < -0.4 is 10.6 Å². The van der Waals surface area contributed by atoms with Gasteiger partial charge >= 0.3 is 0 Å². The molecule has 0 saturated carbocycles. The molecule has 0 amide bonds. The number of nitrogen functional groups attached to an aromatic ring is 1. The van der Waals surface area contributed by atoms with Crippen LogP contribution in [-0.2, 0) is 0 Å². The number of anilines is 2. The van der Waals surface area contributed by atoms with Gasteiger partial charge in [-0.05, 0) is 31.5 Å². The Morgan fingerprint density at radius 2 is 2.14 bits per heavy atom. The van der Waals surface area contributed by atoms with Crippen LogP contribution in [0.1, 0.15) is 20.3 Å². The van der Waals surface area contributed by atoms with E-state index >= 15 is 0 Å². The number of nitrogens with zero attached hydrogens (tertiary/aromatic N) is 1. The molecule has 0 saturated heterocycles. The van der Waals surface area contributed by atoms with E-state index in [1.54, 1.807) is 0 Å². The van der Waals surface area contributed by atoms with Crippen LogP contribution in [0.2, 0.25) is 5.02 Å². The van der Waals surface area contributed by atoms with Gasteiger partial charge in [-0.15, -0.1) is 0 Å². The van der Waals surface area contributed by atoms with Gasteiger partial charge < -0.3 is 10.6 Å². The van der Waals surface area contributed by atoms with E-state index in [1.165, 1.54) is 0 Å². The molecule has 3 heteroatoms. The molecule has 0 aliphatic carbocycles. The molecule has 0 aromatic heterocycles. The predicted molar refractivity (Wildman–Crippen MR) is 64.0 cm³/mol. The minimum Gasteiger partial charge on any atom is -0.397 e. The molecule has 78 valence electrons. The molecule has 1 aromatic rings. The van der Waals surface area contributed by atoms with Gasteiger partial charge in [-0.1, -0.05) is 18.5 Å². The second kappa shape index (κ2) is 4.56. The summed E-state index contributed by atoms with van der Waals surface area (Å²) >= 11 is 5.93. The minimum atomic E-state index is 0.468. The van der Waals surface area contributed by atoms with Gasteiger partial charge in [-0.3, -0.25) is 0 Å². The van der Waals surface area contributed by atoms with E-state index in [1.807, 2.05) is 25.2 Å². The Morgan fingerprint density at radius 1 is 1.50 bits per heavy atom. The summed E-state index contributed by atoms with van der Waals surface area (Å²) in [6, 6.07) is 6.03. The Hall–Kier alpha value is -0.890. The van der Waals surface area contributed by atoms with Gasteiger partial charge in [0.15, 0.2) is 0 Å². The Kier molecular flexibility index (Phi) is 3.64. The fraction of sp³-hybridized carbons (Fsp3) is 0.455. The number of hydrogen-bond donors (Lipinski definition) is 1. The second-order valence-corrected chi connectivity index (χ2v) is 4.01. The van der Waals surface area contributed by atoms with E-state index in [0.717, 1.165) is 22.8 Å². The lowest BCUT2D eigenvalue weighted by atomic mass is 10.2. The molecule has 0 aliphatic rings. The number of benzene rings is 1. The zero-order valence-corrected chi connectivity index (χ0v) is 9.67. The van der Waals surface area contributed by atoms with Gasteiger partial charge in [-0.2, -0.15) is 0 Å². The van der Waals surface area contributed by atoms with Gasteiger partial charge in [0, 0.05) is 18.1 Å². The standard InChI is InChI=1S/C11H17ClN2/c1-4-8(2)14(3)11-7-9(12)5-6-10(11)13/h5-8H,4,13H2,1-3H3. The van der Waals surface area contributed by atoms with Crippen molar-refractivity contribution < 1.29 is 0 Å². The maximum Gasteiger partial charge on any atom is 0.0614 e. The number of halogens is 1. The molecule has 14 heavy (non-hydrogen) atoms. The van der Waals surface area contributed by atoms with Crippen molar-refractivity contribution >= 4 is 23.0 Å². The Labute approximate surface area is 90.7 Å². The minimum absolute atomic E-state index is 0.468. The molecule has 2 nitrogen and oxygen atoms in total. The summed E-state index contributed by atoms with van der Waals surface area (Å²) in [5.74, 6) is 0. The van der Waals surface area contributed by atoms with Crippen molar-refractivity contribution in [3.63, 3.8) is 0 Å². The predicted octanol–water partition coefficient (Wildman–Crippen LogP) is 3.16. The molecule has 0 radical (unpaired) electrons. The van der Waals surface area contributed by atoms with Crippen molar-refractivity contribution in [1.29, 1.82) is 0 Å². The van der Waals surface area contributed by atoms with Crippen molar-refractivity contribution in [1.82, 2.24) is 0 Å². The highest BCUT2D eigenvalue weighted by atomic mass is 35.5. The Balaban J connectivity index is 2.99. The quantitative estimate of drug-likeness (QED) is 0.780. The third kappa shape index (κ3) is 2.32. The van der Waals surface area contributed by atoms with Crippen LogP contribution >= 0.6 is 11.6 Å². The number of nitrogens with two attached hydrogens (primary N) is 1. The molecule has 0 spiro atoms. The molecule has 0 fully saturated rings. The number of rotatable bonds is 3. The average molecular weight is 213 g/mol. The van der Waals surface area contributed by atoms with Gasteiger partial charge in [0.1, 0.15) is 0 Å². The summed E-state index contributed by atoms with van der Waals surface area (Å²) in [6.45, 7) is 4.32. The molecule has 0 aliphatic heterocycles. The van der Waals surface area contributed by atoms with Crippen LogP contribution in [0, 0.1) is 0 Å². The average Bonchev–Trinajstić information content (AvgIpc) is 2.19. The Bertz CT molecular complexity index is 312. The largest absolute Gasteiger partial charge is 0.397 e. The van der Waals surface area contributed by atoms with Crippen LogP contribution in [0.3, 0.4) is 0 Å². The normalized spacial score (nSPS) is 12.6. The monoisotopic (exact) mass is 212 g/mol. The molecule has 0 heterocycles. The van der Waals surface area contributed by atoms with Crippen LogP contribution in [-0.4, -0.2) is 13.1 Å². The van der Waals surface area contributed by atoms with Crippen LogP contribution in [0.4, 0.5) is 11.4 Å². The first-order chi connectivity index (χ1) is 6.56. The fourth-order valence-electron chi connectivity index (χ4n) is 1.33. The summed E-state index contributed by atoms with van der Waals surface area (Å²) in [6.07, 6.45) is 1.09. The van der Waals surface area contributed by atoms with E-state index in [0.29, 0.717) is 6.04 Å². The van der Waals surface area contributed by atoms with Crippen molar-refractivity contribution in [3.8, 4) is 0 Å². The third-order valence-corrected chi connectivity index (χ3v) is 2.86. The molecule has 0 bridgehead atoms. The van der Waals surface area contributed by atoms with Crippen LogP contribution in [0.25, 0.3) is 0 Å². The smallest absolute Gasteiger partial charge is 0.0614 e. The highest BCUT2D eigenvalue weighted by Gasteiger charge is 2.10. The maximum atomic E-state index is 5.93. The van der Waals surface area contributed by atoms with E-state index in [2.05, 4.69) is 18.7 Å². The van der Waals surface area contributed by atoms with E-state index in [-0.39, 0.29) is 0 Å². The molecule has 1 unspecified atom stereocenters. The van der Waals surface area contributed by atoms with Crippen molar-refractivity contribution in [2.75, 3.05) is 17.7 Å². The highest BCUT2D eigenvalue weighted by molar-refractivity contribution is 6.31. The highest BCUT2D eigenvalue weighted by Crippen LogP contribution is 2.27. The molecule has 1 aromatic carbocycles. The zero-order chi connectivity index (χ0) is 10.7. The lowest BCUT2D eigenvalue weighted by Gasteiger charge is -2.27. The molecular formula is C11H17ClN2. The van der Waals surface area contributed by atoms with Gasteiger partial charge in [0.25, 0.3) is 0 Å². The first-order valence-corrected chi connectivity index (χ1v) is 5.22. The second-order valence-electron chi connectivity index (χ2n) is 3.57. The van der Waals surface area contributed by atoms with Gasteiger partial charge in [0.05, 0.1) is 11.4 Å². The zero-order valence-electron chi connectivity index (χ0n) is 8.92. The van der Waals surface area contributed by atoms with E-state index < -0.39 is 0 Å².